The van der Waals surface area contributed by atoms with Crippen LogP contribution in [0.25, 0.3) is 0 Å². The van der Waals surface area contributed by atoms with Gasteiger partial charge in [0.25, 0.3) is 0 Å². The van der Waals surface area contributed by atoms with E-state index in [9.17, 15) is 13.2 Å². The quantitative estimate of drug-likeness (QED) is 0.737. The molecule has 0 aromatic carbocycles. The Morgan fingerprint density at radius 2 is 1.89 bits per heavy atom. The van der Waals surface area contributed by atoms with Crippen LogP contribution in [0.2, 0.25) is 0 Å². The van der Waals surface area contributed by atoms with Gasteiger partial charge in [0.2, 0.25) is 5.91 Å². The van der Waals surface area contributed by atoms with Crippen molar-refractivity contribution in [2.75, 3.05) is 23.9 Å². The molecule has 0 N–H and O–H groups in total. The van der Waals surface area contributed by atoms with Gasteiger partial charge in [-0.15, -0.1) is 11.6 Å². The summed E-state index contributed by atoms with van der Waals surface area (Å²) >= 11 is 5.77. The van der Waals surface area contributed by atoms with E-state index in [1.807, 2.05) is 4.90 Å². The van der Waals surface area contributed by atoms with Crippen LogP contribution in [0.4, 0.5) is 0 Å². The van der Waals surface area contributed by atoms with Gasteiger partial charge in [-0.2, -0.15) is 0 Å². The largest absolute Gasteiger partial charge is 0.338 e. The lowest BCUT2D eigenvalue weighted by molar-refractivity contribution is -0.136. The molecule has 1 heterocycles. The van der Waals surface area contributed by atoms with Gasteiger partial charge in [0.1, 0.15) is 0 Å². The predicted octanol–water partition coefficient (Wildman–Crippen LogP) is 1.43. The third-order valence-electron chi connectivity index (χ3n) is 3.96. The fraction of sp³-hybridized carbons (Fsp3) is 0.917. The Balaban J connectivity index is 2.04. The van der Waals surface area contributed by atoms with Crippen molar-refractivity contribution in [3.05, 3.63) is 0 Å². The normalized spacial score (nSPS) is 27.5. The van der Waals surface area contributed by atoms with Crippen LogP contribution in [-0.4, -0.2) is 49.2 Å². The molecule has 1 aliphatic carbocycles. The van der Waals surface area contributed by atoms with Gasteiger partial charge in [0, 0.05) is 18.5 Å². The molecule has 1 saturated heterocycles. The van der Waals surface area contributed by atoms with Crippen LogP contribution in [0.5, 0.6) is 0 Å². The third kappa shape index (κ3) is 3.18. The summed E-state index contributed by atoms with van der Waals surface area (Å²) in [5.74, 6) is 0.268. The SMILES string of the molecule is O=C(C1CCS(=O)(=O)C1)N(CCCl)C1CCCC1. The molecule has 0 aromatic heterocycles. The molecule has 1 amide bonds. The second-order valence-corrected chi connectivity index (χ2v) is 7.87. The molecule has 2 rings (SSSR count). The minimum absolute atomic E-state index is 0.00336. The summed E-state index contributed by atoms with van der Waals surface area (Å²) in [4.78, 5) is 14.3. The van der Waals surface area contributed by atoms with Gasteiger partial charge >= 0.3 is 0 Å². The molecule has 4 nitrogen and oxygen atoms in total. The Hall–Kier alpha value is -0.290. The van der Waals surface area contributed by atoms with E-state index in [0.29, 0.717) is 18.8 Å². The lowest BCUT2D eigenvalue weighted by Crippen LogP contribution is -2.43. The van der Waals surface area contributed by atoms with Crippen molar-refractivity contribution in [2.45, 2.75) is 38.1 Å². The van der Waals surface area contributed by atoms with Gasteiger partial charge in [-0.25, -0.2) is 8.42 Å². The Labute approximate surface area is 114 Å². The van der Waals surface area contributed by atoms with Crippen LogP contribution >= 0.6 is 11.6 Å². The van der Waals surface area contributed by atoms with Crippen LogP contribution in [-0.2, 0) is 14.6 Å². The summed E-state index contributed by atoms with van der Waals surface area (Å²) in [5, 5.41) is 0. The van der Waals surface area contributed by atoms with E-state index in [1.165, 1.54) is 0 Å². The van der Waals surface area contributed by atoms with Crippen LogP contribution in [0.3, 0.4) is 0 Å². The lowest BCUT2D eigenvalue weighted by atomic mass is 10.1. The molecule has 18 heavy (non-hydrogen) atoms. The molecule has 104 valence electrons. The van der Waals surface area contributed by atoms with E-state index >= 15 is 0 Å². The highest BCUT2D eigenvalue weighted by molar-refractivity contribution is 7.91. The fourth-order valence-corrected chi connectivity index (χ4v) is 4.92. The third-order valence-corrected chi connectivity index (χ3v) is 5.89. The van der Waals surface area contributed by atoms with Crippen LogP contribution in [0, 0.1) is 5.92 Å². The van der Waals surface area contributed by atoms with Crippen LogP contribution in [0.1, 0.15) is 32.1 Å². The number of hydrogen-bond donors (Lipinski definition) is 0. The highest BCUT2D eigenvalue weighted by Crippen LogP contribution is 2.27. The molecule has 1 saturated carbocycles. The average Bonchev–Trinajstić information content (AvgIpc) is 2.94. The molecule has 1 atom stereocenters. The second kappa shape index (κ2) is 5.78. The number of alkyl halides is 1. The van der Waals surface area contributed by atoms with E-state index in [2.05, 4.69) is 0 Å². The topological polar surface area (TPSA) is 54.5 Å². The second-order valence-electron chi connectivity index (χ2n) is 5.26. The van der Waals surface area contributed by atoms with E-state index < -0.39 is 9.84 Å². The number of carbonyl (C=O) groups excluding carboxylic acids is 1. The summed E-state index contributed by atoms with van der Waals surface area (Å²) in [6.07, 6.45) is 4.84. The zero-order chi connectivity index (χ0) is 13.2. The number of rotatable bonds is 4. The Kier molecular flexibility index (Phi) is 4.54. The number of halogens is 1. The number of hydrogen-bond acceptors (Lipinski definition) is 3. The van der Waals surface area contributed by atoms with Crippen molar-refractivity contribution in [3.63, 3.8) is 0 Å². The molecule has 2 fully saturated rings. The first-order chi connectivity index (χ1) is 8.53. The number of nitrogens with zero attached hydrogens (tertiary/aromatic N) is 1. The fourth-order valence-electron chi connectivity index (χ4n) is 3.00. The zero-order valence-corrected chi connectivity index (χ0v) is 12.0. The van der Waals surface area contributed by atoms with Gasteiger partial charge in [0.15, 0.2) is 9.84 Å². The standard InChI is InChI=1S/C12H20ClNO3S/c13-6-7-14(11-3-1-2-4-11)12(15)10-5-8-18(16,17)9-10/h10-11H,1-9H2. The molecular weight excluding hydrogens is 274 g/mol. The van der Waals surface area contributed by atoms with Crippen molar-refractivity contribution in [3.8, 4) is 0 Å². The first-order valence-electron chi connectivity index (χ1n) is 6.60. The average molecular weight is 294 g/mol. The minimum atomic E-state index is -2.99. The summed E-state index contributed by atoms with van der Waals surface area (Å²) in [7, 11) is -2.99. The molecule has 0 aromatic rings. The minimum Gasteiger partial charge on any atom is -0.338 e. The van der Waals surface area contributed by atoms with E-state index in [4.69, 9.17) is 11.6 Å². The maximum atomic E-state index is 12.4. The predicted molar refractivity (Wildman–Crippen MR) is 71.4 cm³/mol. The van der Waals surface area contributed by atoms with Crippen molar-refractivity contribution in [2.24, 2.45) is 5.92 Å². The highest BCUT2D eigenvalue weighted by Gasteiger charge is 2.37. The van der Waals surface area contributed by atoms with E-state index in [-0.39, 0.29) is 29.4 Å². The summed E-state index contributed by atoms with van der Waals surface area (Å²) in [6, 6.07) is 0.277. The molecule has 0 radical (unpaired) electrons. The molecule has 2 aliphatic rings. The smallest absolute Gasteiger partial charge is 0.227 e. The van der Waals surface area contributed by atoms with Gasteiger partial charge in [0.05, 0.1) is 17.4 Å². The Morgan fingerprint density at radius 1 is 1.22 bits per heavy atom. The van der Waals surface area contributed by atoms with Crippen LogP contribution in [0.15, 0.2) is 0 Å². The van der Waals surface area contributed by atoms with Crippen molar-refractivity contribution >= 4 is 27.3 Å². The van der Waals surface area contributed by atoms with Crippen LogP contribution < -0.4 is 0 Å². The first-order valence-corrected chi connectivity index (χ1v) is 8.96. The first kappa shape index (κ1) is 14.1. The Bertz CT molecular complexity index is 404. The lowest BCUT2D eigenvalue weighted by Gasteiger charge is -2.30. The number of carbonyl (C=O) groups is 1. The van der Waals surface area contributed by atoms with Gasteiger partial charge in [-0.1, -0.05) is 12.8 Å². The zero-order valence-electron chi connectivity index (χ0n) is 10.5. The van der Waals surface area contributed by atoms with Crippen molar-refractivity contribution in [1.29, 1.82) is 0 Å². The van der Waals surface area contributed by atoms with E-state index in [1.54, 1.807) is 0 Å². The maximum Gasteiger partial charge on any atom is 0.227 e. The maximum absolute atomic E-state index is 12.4. The van der Waals surface area contributed by atoms with Crippen molar-refractivity contribution < 1.29 is 13.2 Å². The molecular formula is C12H20ClNO3S. The summed E-state index contributed by atoms with van der Waals surface area (Å²) in [6.45, 7) is 0.543. The molecule has 0 spiro atoms. The number of sulfone groups is 1. The number of amides is 1. The van der Waals surface area contributed by atoms with Gasteiger partial charge in [-0.3, -0.25) is 4.79 Å². The molecule has 6 heteroatoms. The summed E-state index contributed by atoms with van der Waals surface area (Å²) < 4.78 is 22.9. The Morgan fingerprint density at radius 3 is 2.39 bits per heavy atom. The molecule has 0 bridgehead atoms. The molecule has 1 unspecified atom stereocenters. The summed E-state index contributed by atoms with van der Waals surface area (Å²) in [5.41, 5.74) is 0. The monoisotopic (exact) mass is 293 g/mol. The highest BCUT2D eigenvalue weighted by atomic mass is 35.5. The van der Waals surface area contributed by atoms with E-state index in [0.717, 1.165) is 25.7 Å². The van der Waals surface area contributed by atoms with Crippen molar-refractivity contribution in [1.82, 2.24) is 4.90 Å². The molecule has 1 aliphatic heterocycles. The van der Waals surface area contributed by atoms with Gasteiger partial charge < -0.3 is 4.90 Å². The van der Waals surface area contributed by atoms with Gasteiger partial charge in [-0.05, 0) is 19.3 Å².